The summed E-state index contributed by atoms with van der Waals surface area (Å²) in [5.41, 5.74) is 12.9. The van der Waals surface area contributed by atoms with E-state index in [1.54, 1.807) is 0 Å². The van der Waals surface area contributed by atoms with Crippen molar-refractivity contribution in [1.82, 2.24) is 0 Å². The highest BCUT2D eigenvalue weighted by molar-refractivity contribution is 7.33. The summed E-state index contributed by atoms with van der Waals surface area (Å²) in [5.74, 6) is 0. The van der Waals surface area contributed by atoms with E-state index in [2.05, 4.69) is 160 Å². The van der Waals surface area contributed by atoms with Crippen molar-refractivity contribution in [2.75, 3.05) is 9.80 Å². The molecule has 0 N–H and O–H groups in total. The Hall–Kier alpha value is -5.06. The molecule has 2 nitrogen and oxygen atoms in total. The third-order valence-corrected chi connectivity index (χ3v) is 15.6. The number of rotatable bonds is 3. The lowest BCUT2D eigenvalue weighted by atomic mass is 9.36. The van der Waals surface area contributed by atoms with Gasteiger partial charge in [-0.05, 0) is 151 Å². The first-order valence-corrected chi connectivity index (χ1v) is 23.5. The highest BCUT2D eigenvalue weighted by Gasteiger charge is 2.47. The number of hydrogen-bond donors (Lipinski definition) is 0. The maximum absolute atomic E-state index is 9.37. The maximum Gasteiger partial charge on any atom is 0.264 e. The first-order chi connectivity index (χ1) is 32.8. The number of benzene rings is 6. The van der Waals surface area contributed by atoms with Gasteiger partial charge in [0, 0.05) is 47.3 Å². The minimum Gasteiger partial charge on any atom is -0.311 e. The molecule has 320 valence electrons. The molecule has 7 aromatic rings. The predicted octanol–water partition coefficient (Wildman–Crippen LogP) is 15.2. The average molecular weight is 853 g/mol. The molecule has 1 aromatic heterocycles. The normalized spacial score (nSPS) is 18.5. The van der Waals surface area contributed by atoms with E-state index in [0.29, 0.717) is 16.9 Å². The molecule has 1 aliphatic carbocycles. The fourth-order valence-corrected chi connectivity index (χ4v) is 11.8. The first-order valence-electron chi connectivity index (χ1n) is 26.7. The second kappa shape index (κ2) is 14.0. The molecule has 0 bridgehead atoms. The molecular weight excluding hydrogens is 780 g/mol. The summed E-state index contributed by atoms with van der Waals surface area (Å²) in [5, 5.41) is 1.15. The number of aryl methyl sites for hydroxylation is 1. The molecule has 0 atom stereocenters. The molecule has 0 saturated carbocycles. The van der Waals surface area contributed by atoms with Crippen LogP contribution in [0.15, 0.2) is 115 Å². The van der Waals surface area contributed by atoms with Crippen LogP contribution in [0.25, 0.3) is 21.2 Å². The number of anilines is 6. The molecule has 6 aromatic carbocycles. The standard InChI is InChI=1S/C59H65BN2S/c1-36-30-49-52-50(31-36)62(47-26-22-39(56(5,6)7)32-42(47)37-18-16-15-17-19-37)48-27-23-40(57(8,9)10)33-46(48)60(52)54-53(61(49)41-24-20-38(21-25-41)55(2,3)4)43-34-44-45(35-51(43)63-54)59(13,14)29-28-58(44,11)12/h15-27,30-35H,28-29H2,1-14H3/i1D3,15D,16D,17D,18D,19D. The first kappa shape index (κ1) is 33.5. The Kier molecular flexibility index (Phi) is 7.42. The van der Waals surface area contributed by atoms with Gasteiger partial charge in [0.05, 0.1) is 18.2 Å². The molecule has 10 rings (SSSR count). The van der Waals surface area contributed by atoms with Gasteiger partial charge < -0.3 is 9.80 Å². The van der Waals surface area contributed by atoms with Gasteiger partial charge in [0.25, 0.3) is 6.71 Å². The van der Waals surface area contributed by atoms with Gasteiger partial charge in [0.15, 0.2) is 0 Å². The molecule has 0 saturated heterocycles. The van der Waals surface area contributed by atoms with Gasteiger partial charge in [-0.2, -0.15) is 0 Å². The second-order valence-electron chi connectivity index (χ2n) is 22.8. The minimum absolute atomic E-state index is 0.0170. The van der Waals surface area contributed by atoms with E-state index < -0.39 is 25.0 Å². The van der Waals surface area contributed by atoms with Gasteiger partial charge in [-0.3, -0.25) is 0 Å². The Labute approximate surface area is 393 Å². The topological polar surface area (TPSA) is 6.48 Å². The monoisotopic (exact) mass is 853 g/mol. The molecule has 3 heterocycles. The van der Waals surface area contributed by atoms with E-state index in [0.717, 1.165) is 63.0 Å². The fourth-order valence-electron chi connectivity index (χ4n) is 10.4. The Balaban J connectivity index is 1.39. The van der Waals surface area contributed by atoms with Gasteiger partial charge in [-0.15, -0.1) is 11.3 Å². The molecule has 0 fully saturated rings. The van der Waals surface area contributed by atoms with Crippen molar-refractivity contribution in [3.8, 4) is 11.1 Å². The number of hydrogen-bond acceptors (Lipinski definition) is 3. The average Bonchev–Trinajstić information content (AvgIpc) is 3.65. The summed E-state index contributed by atoms with van der Waals surface area (Å²) in [4.78, 5) is 4.45. The molecular formula is C59H65BN2S. The number of nitrogens with zero attached hydrogens (tertiary/aromatic N) is 2. The van der Waals surface area contributed by atoms with Gasteiger partial charge in [-0.1, -0.05) is 151 Å². The summed E-state index contributed by atoms with van der Waals surface area (Å²) in [6.07, 6.45) is 2.16. The summed E-state index contributed by atoms with van der Waals surface area (Å²) in [6.45, 7) is 26.3. The van der Waals surface area contributed by atoms with Crippen LogP contribution in [0.5, 0.6) is 0 Å². The van der Waals surface area contributed by atoms with Crippen molar-refractivity contribution >= 4 is 78.0 Å². The highest BCUT2D eigenvalue weighted by atomic mass is 32.1. The van der Waals surface area contributed by atoms with Gasteiger partial charge in [-0.25, -0.2) is 0 Å². The lowest BCUT2D eigenvalue weighted by molar-refractivity contribution is 0.332. The second-order valence-corrected chi connectivity index (χ2v) is 23.9. The van der Waals surface area contributed by atoms with E-state index in [-0.39, 0.29) is 57.0 Å². The van der Waals surface area contributed by atoms with Crippen molar-refractivity contribution in [2.45, 2.75) is 137 Å². The van der Waals surface area contributed by atoms with Crippen molar-refractivity contribution in [3.05, 3.63) is 149 Å². The van der Waals surface area contributed by atoms with Crippen LogP contribution in [-0.4, -0.2) is 6.71 Å². The molecule has 0 unspecified atom stereocenters. The van der Waals surface area contributed by atoms with Crippen LogP contribution in [-0.2, 0) is 27.1 Å². The number of thiophene rings is 1. The Bertz CT molecular complexity index is 3350. The molecule has 63 heavy (non-hydrogen) atoms. The van der Waals surface area contributed by atoms with Gasteiger partial charge in [0.1, 0.15) is 0 Å². The quantitative estimate of drug-likeness (QED) is 0.163. The zero-order valence-corrected chi connectivity index (χ0v) is 40.2. The summed E-state index contributed by atoms with van der Waals surface area (Å²) in [6, 6.07) is 28.2. The van der Waals surface area contributed by atoms with Crippen LogP contribution in [0.2, 0.25) is 0 Å². The molecule has 0 spiro atoms. The molecule has 0 amide bonds. The van der Waals surface area contributed by atoms with Crippen LogP contribution in [0.1, 0.15) is 147 Å². The fraction of sp³-hybridized carbons (Fsp3) is 0.356. The SMILES string of the molecule is [2H]c1c([2H])c([2H])c(-c2cc(C(C)(C)C)ccc2N2c3ccc(C(C)(C)C)cc3B3c4sc5cc6c(cc5c4N(c4ccc(C(C)(C)C)cc4)c4cc(C([2H])([2H])[2H])cc2c43)C(C)(C)CCC6(C)C)c([2H])c1[2H]. The lowest BCUT2D eigenvalue weighted by Crippen LogP contribution is -2.60. The zero-order chi connectivity index (χ0) is 51.6. The van der Waals surface area contributed by atoms with E-state index in [9.17, 15) is 2.74 Å². The third-order valence-electron chi connectivity index (χ3n) is 14.4. The third kappa shape index (κ3) is 6.72. The largest absolute Gasteiger partial charge is 0.311 e. The van der Waals surface area contributed by atoms with E-state index in [1.807, 2.05) is 35.6 Å². The molecule has 0 radical (unpaired) electrons. The summed E-state index contributed by atoms with van der Waals surface area (Å²) >= 11 is 1.83. The van der Waals surface area contributed by atoms with Crippen LogP contribution in [0.4, 0.5) is 34.1 Å². The van der Waals surface area contributed by atoms with Crippen molar-refractivity contribution in [3.63, 3.8) is 0 Å². The predicted molar refractivity (Wildman–Crippen MR) is 277 cm³/mol. The summed E-state index contributed by atoms with van der Waals surface area (Å²) < 4.78 is 74.8. The van der Waals surface area contributed by atoms with Crippen LogP contribution in [0.3, 0.4) is 0 Å². The van der Waals surface area contributed by atoms with Crippen molar-refractivity contribution in [2.24, 2.45) is 0 Å². The molecule has 2 aliphatic heterocycles. The Morgan fingerprint density at radius 2 is 1.16 bits per heavy atom. The Morgan fingerprint density at radius 1 is 0.603 bits per heavy atom. The van der Waals surface area contributed by atoms with Crippen molar-refractivity contribution < 1.29 is 11.0 Å². The van der Waals surface area contributed by atoms with E-state index >= 15 is 0 Å². The van der Waals surface area contributed by atoms with Gasteiger partial charge >= 0.3 is 0 Å². The lowest BCUT2D eigenvalue weighted by Gasteiger charge is -2.44. The van der Waals surface area contributed by atoms with Crippen LogP contribution >= 0.6 is 11.3 Å². The van der Waals surface area contributed by atoms with E-state index in [1.165, 1.54) is 26.2 Å². The minimum atomic E-state index is -2.51. The Morgan fingerprint density at radius 3 is 1.76 bits per heavy atom. The van der Waals surface area contributed by atoms with Crippen molar-refractivity contribution in [1.29, 1.82) is 0 Å². The smallest absolute Gasteiger partial charge is 0.264 e. The maximum atomic E-state index is 9.37. The number of fused-ring (bicyclic) bond motifs is 7. The molecule has 3 aliphatic rings. The summed E-state index contributed by atoms with van der Waals surface area (Å²) in [7, 11) is 0. The van der Waals surface area contributed by atoms with Gasteiger partial charge in [0.2, 0.25) is 0 Å². The highest BCUT2D eigenvalue weighted by Crippen LogP contribution is 2.53. The zero-order valence-electron chi connectivity index (χ0n) is 47.4. The van der Waals surface area contributed by atoms with E-state index in [4.69, 9.17) is 8.22 Å². The van der Waals surface area contributed by atoms with Crippen LogP contribution < -0.4 is 25.5 Å². The molecule has 4 heteroatoms. The van der Waals surface area contributed by atoms with Crippen LogP contribution in [0, 0.1) is 6.85 Å².